The van der Waals surface area contributed by atoms with Crippen LogP contribution in [0.25, 0.3) is 0 Å². The van der Waals surface area contributed by atoms with Crippen molar-refractivity contribution in [3.63, 3.8) is 0 Å². The molecule has 0 amide bonds. The molecule has 0 heterocycles. The summed E-state index contributed by atoms with van der Waals surface area (Å²) >= 11 is 0. The van der Waals surface area contributed by atoms with Gasteiger partial charge in [-0.15, -0.1) is 10.2 Å². The molecule has 48 valence electrons. The zero-order valence-electron chi connectivity index (χ0n) is 3.72. The second kappa shape index (κ2) is 7.82. The van der Waals surface area contributed by atoms with Crippen LogP contribution in [0.4, 0.5) is 0 Å². The summed E-state index contributed by atoms with van der Waals surface area (Å²) < 4.78 is 34.0. The molecule has 4 N–H and O–H groups in total. The molecule has 0 spiro atoms. The summed E-state index contributed by atoms with van der Waals surface area (Å²) in [6, 6.07) is 0. The van der Waals surface area contributed by atoms with Crippen LogP contribution < -0.4 is 18.6 Å². The third kappa shape index (κ3) is 346. The van der Waals surface area contributed by atoms with Crippen LogP contribution in [0.5, 0.6) is 0 Å². The molecule has 0 aliphatic heterocycles. The monoisotopic (exact) mass is 159 g/mol. The Morgan fingerprint density at radius 1 is 0.750 bits per heavy atom. The smallest absolute Gasteiger partial charge is 0.412 e. The molecule has 0 bridgehead atoms. The molecule has 0 aromatic rings. The van der Waals surface area contributed by atoms with Crippen molar-refractivity contribution >= 4 is 23.1 Å². The van der Waals surface area contributed by atoms with E-state index in [4.69, 9.17) is 18.6 Å². The summed E-state index contributed by atoms with van der Waals surface area (Å²) in [4.78, 5) is 0. The second-order valence-corrected chi connectivity index (χ2v) is 1.13. The Bertz CT molecular complexity index is 24.0. The van der Waals surface area contributed by atoms with E-state index in [1.165, 1.54) is 0 Å². The van der Waals surface area contributed by atoms with E-state index in [0.29, 0.717) is 0 Å². The van der Waals surface area contributed by atoms with E-state index in [0.717, 1.165) is 0 Å². The summed E-state index contributed by atoms with van der Waals surface area (Å²) in [7, 11) is -4.94. The normalized spacial score (nSPS) is 7.50. The number of hydrogen-bond donors (Lipinski definition) is 0. The molecular formula is H4ClMgO6+. The predicted octanol–water partition coefficient (Wildman–Crippen LogP) is -6.79. The molecule has 0 aliphatic carbocycles. The van der Waals surface area contributed by atoms with Gasteiger partial charge in [0.05, 0.1) is 0 Å². The Balaban J connectivity index is -0.0000000267. The van der Waals surface area contributed by atoms with Gasteiger partial charge in [0.15, 0.2) is 0 Å². The molecule has 0 rings (SSSR count). The van der Waals surface area contributed by atoms with Crippen molar-refractivity contribution < 1.29 is 39.8 Å². The first-order valence-electron chi connectivity index (χ1n) is 0.617. The maximum absolute atomic E-state index is 8.49. The Morgan fingerprint density at radius 3 is 0.750 bits per heavy atom. The van der Waals surface area contributed by atoms with Crippen molar-refractivity contribution in [1.82, 2.24) is 0 Å². The maximum atomic E-state index is 8.49. The fourth-order valence-corrected chi connectivity index (χ4v) is 0. The van der Waals surface area contributed by atoms with Crippen molar-refractivity contribution in [2.45, 2.75) is 0 Å². The molecule has 0 fully saturated rings. The molecule has 0 saturated carbocycles. The van der Waals surface area contributed by atoms with E-state index in [9.17, 15) is 0 Å². The van der Waals surface area contributed by atoms with Gasteiger partial charge in [0.1, 0.15) is 0 Å². The van der Waals surface area contributed by atoms with Gasteiger partial charge in [-0.05, 0) is 0 Å². The summed E-state index contributed by atoms with van der Waals surface area (Å²) in [6.07, 6.45) is 0. The van der Waals surface area contributed by atoms with E-state index in [2.05, 4.69) is 0 Å². The largest absolute Gasteiger partial charge is 2.00 e. The molecule has 0 saturated heterocycles. The van der Waals surface area contributed by atoms with E-state index in [1.807, 2.05) is 0 Å². The molecule has 6 nitrogen and oxygen atoms in total. The van der Waals surface area contributed by atoms with E-state index in [1.54, 1.807) is 0 Å². The third-order valence-corrected chi connectivity index (χ3v) is 0. The zero-order valence-corrected chi connectivity index (χ0v) is 5.89. The molecule has 0 aromatic carbocycles. The first kappa shape index (κ1) is 23.2. The summed E-state index contributed by atoms with van der Waals surface area (Å²) in [5.74, 6) is 0. The predicted molar refractivity (Wildman–Crippen MR) is 13.0 cm³/mol. The molecule has 0 aliphatic rings. The number of rotatable bonds is 0. The van der Waals surface area contributed by atoms with Crippen LogP contribution in [0.2, 0.25) is 0 Å². The van der Waals surface area contributed by atoms with Crippen molar-refractivity contribution in [1.29, 1.82) is 0 Å². The Labute approximate surface area is 63.2 Å². The van der Waals surface area contributed by atoms with E-state index < -0.39 is 10.2 Å². The van der Waals surface area contributed by atoms with Gasteiger partial charge in [-0.1, -0.05) is 0 Å². The SMILES string of the molecule is O.O.[Mg+2].[O-][Cl+3]([O-])([O-])[O-]. The third-order valence-electron chi connectivity index (χ3n) is 0. The van der Waals surface area contributed by atoms with Crippen molar-refractivity contribution in [3.8, 4) is 0 Å². The average Bonchev–Trinajstić information content (AvgIpc) is 0.722. The molecule has 0 aromatic heterocycles. The minimum absolute atomic E-state index is 0. The Morgan fingerprint density at radius 2 is 0.750 bits per heavy atom. The topological polar surface area (TPSA) is 155 Å². The molecule has 8 heavy (non-hydrogen) atoms. The van der Waals surface area contributed by atoms with Gasteiger partial charge in [0, 0.05) is 0 Å². The van der Waals surface area contributed by atoms with Crippen molar-refractivity contribution in [2.24, 2.45) is 0 Å². The summed E-state index contributed by atoms with van der Waals surface area (Å²) in [5, 5.41) is 0. The standard InChI is InChI=1S/ClHO4.Mg.2H2O/c2-1(3,4)5;;;/h(H,2,3,4,5);;2*1H2/q;+2;;/p-1. The van der Waals surface area contributed by atoms with Crippen LogP contribution in [0, 0.1) is 10.2 Å². The number of halogens is 1. The minimum Gasteiger partial charge on any atom is -0.412 e. The molecule has 0 radical (unpaired) electrons. The van der Waals surface area contributed by atoms with Gasteiger partial charge in [-0.3, -0.25) is 0 Å². The second-order valence-electron chi connectivity index (χ2n) is 0.378. The summed E-state index contributed by atoms with van der Waals surface area (Å²) in [5.41, 5.74) is 0. The van der Waals surface area contributed by atoms with Gasteiger partial charge in [-0.25, -0.2) is 18.6 Å². The first-order chi connectivity index (χ1) is 2.00. The van der Waals surface area contributed by atoms with Crippen LogP contribution in [0.1, 0.15) is 0 Å². The Kier molecular flexibility index (Phi) is 22.7. The Hall–Kier alpha value is 0.816. The fourth-order valence-electron chi connectivity index (χ4n) is 0. The maximum Gasteiger partial charge on any atom is 2.00 e. The van der Waals surface area contributed by atoms with Crippen LogP contribution in [0.15, 0.2) is 0 Å². The number of hydrogen-bond acceptors (Lipinski definition) is 4. The van der Waals surface area contributed by atoms with Gasteiger partial charge in [0.25, 0.3) is 0 Å². The molecule has 0 unspecified atom stereocenters. The quantitative estimate of drug-likeness (QED) is 0.322. The molecule has 0 atom stereocenters. The molecular weight excluding hydrogens is 156 g/mol. The fraction of sp³-hybridized carbons (Fsp3) is 0. The van der Waals surface area contributed by atoms with Crippen LogP contribution >= 0.6 is 0 Å². The van der Waals surface area contributed by atoms with Crippen molar-refractivity contribution in [3.05, 3.63) is 0 Å². The average molecular weight is 160 g/mol. The van der Waals surface area contributed by atoms with Crippen LogP contribution in [-0.4, -0.2) is 34.0 Å². The van der Waals surface area contributed by atoms with Crippen LogP contribution in [-0.2, 0) is 0 Å². The first-order valence-corrected chi connectivity index (χ1v) is 1.85. The van der Waals surface area contributed by atoms with E-state index in [-0.39, 0.29) is 34.0 Å². The van der Waals surface area contributed by atoms with Crippen molar-refractivity contribution in [2.75, 3.05) is 0 Å². The van der Waals surface area contributed by atoms with Gasteiger partial charge < -0.3 is 11.0 Å². The van der Waals surface area contributed by atoms with E-state index >= 15 is 0 Å². The summed E-state index contributed by atoms with van der Waals surface area (Å²) in [6.45, 7) is 0. The van der Waals surface area contributed by atoms with Gasteiger partial charge >= 0.3 is 23.1 Å². The van der Waals surface area contributed by atoms with Gasteiger partial charge in [-0.2, -0.15) is 0 Å². The van der Waals surface area contributed by atoms with Crippen LogP contribution in [0.3, 0.4) is 0 Å². The molecule has 8 heteroatoms. The zero-order chi connectivity index (χ0) is 4.50. The van der Waals surface area contributed by atoms with Gasteiger partial charge in [0.2, 0.25) is 0 Å². The minimum atomic E-state index is -4.94.